The standard InChI is InChI=1S/C18H40NO2/c1-4-7-9-11-13-15-17-19(21,6-3)18(20)16-14-12-10-8-5-2/h18,20-21H,4-17H2,1-3H3/q+1. The summed E-state index contributed by atoms with van der Waals surface area (Å²) in [7, 11) is 0. The highest BCUT2D eigenvalue weighted by molar-refractivity contribution is 4.49. The lowest BCUT2D eigenvalue weighted by Crippen LogP contribution is -2.53. The van der Waals surface area contributed by atoms with E-state index in [2.05, 4.69) is 13.8 Å². The molecule has 3 heteroatoms. The molecule has 2 atom stereocenters. The van der Waals surface area contributed by atoms with Crippen LogP contribution in [0.25, 0.3) is 0 Å². The number of hydroxylamine groups is 3. The van der Waals surface area contributed by atoms with Crippen LogP contribution in [0.15, 0.2) is 0 Å². The summed E-state index contributed by atoms with van der Waals surface area (Å²) >= 11 is 0. The maximum Gasteiger partial charge on any atom is 0.220 e. The van der Waals surface area contributed by atoms with Crippen molar-refractivity contribution in [1.29, 1.82) is 0 Å². The maximum absolute atomic E-state index is 10.6. The Morgan fingerprint density at radius 3 is 1.71 bits per heavy atom. The maximum atomic E-state index is 10.6. The lowest BCUT2D eigenvalue weighted by atomic mass is 10.1. The number of unbranched alkanes of at least 4 members (excludes halogenated alkanes) is 9. The van der Waals surface area contributed by atoms with Crippen LogP contribution in [0.1, 0.15) is 97.8 Å². The molecule has 3 nitrogen and oxygen atoms in total. The number of rotatable bonds is 15. The van der Waals surface area contributed by atoms with Gasteiger partial charge in [-0.2, -0.15) is 4.65 Å². The molecule has 0 radical (unpaired) electrons. The fraction of sp³-hybridized carbons (Fsp3) is 1.00. The average molecular weight is 303 g/mol. The van der Waals surface area contributed by atoms with E-state index in [0.717, 1.165) is 19.3 Å². The third kappa shape index (κ3) is 10.3. The van der Waals surface area contributed by atoms with Gasteiger partial charge in [-0.3, -0.25) is 0 Å². The summed E-state index contributed by atoms with van der Waals surface area (Å²) in [6, 6.07) is 0. The van der Waals surface area contributed by atoms with E-state index < -0.39 is 6.23 Å². The molecule has 0 spiro atoms. The van der Waals surface area contributed by atoms with E-state index in [-0.39, 0.29) is 4.65 Å². The van der Waals surface area contributed by atoms with Crippen LogP contribution < -0.4 is 0 Å². The number of hydrogen-bond donors (Lipinski definition) is 2. The second kappa shape index (κ2) is 13.5. The van der Waals surface area contributed by atoms with Gasteiger partial charge in [-0.25, -0.2) is 5.21 Å². The fourth-order valence-corrected chi connectivity index (χ4v) is 2.85. The van der Waals surface area contributed by atoms with E-state index in [1.807, 2.05) is 6.92 Å². The molecule has 0 saturated carbocycles. The van der Waals surface area contributed by atoms with E-state index in [9.17, 15) is 10.3 Å². The molecule has 0 aromatic rings. The van der Waals surface area contributed by atoms with Crippen LogP contribution in [0.4, 0.5) is 0 Å². The van der Waals surface area contributed by atoms with Crippen molar-refractivity contribution in [2.75, 3.05) is 13.1 Å². The summed E-state index contributed by atoms with van der Waals surface area (Å²) in [5.74, 6) is 0. The van der Waals surface area contributed by atoms with Gasteiger partial charge in [-0.05, 0) is 26.2 Å². The van der Waals surface area contributed by atoms with Gasteiger partial charge >= 0.3 is 0 Å². The first kappa shape index (κ1) is 20.9. The molecule has 0 aromatic heterocycles. The van der Waals surface area contributed by atoms with Crippen molar-refractivity contribution >= 4 is 0 Å². The first-order chi connectivity index (χ1) is 10.1. The Morgan fingerprint density at radius 2 is 1.19 bits per heavy atom. The first-order valence-corrected chi connectivity index (χ1v) is 9.38. The van der Waals surface area contributed by atoms with Crippen molar-refractivity contribution in [3.8, 4) is 0 Å². The Bertz CT molecular complexity index is 223. The molecule has 21 heavy (non-hydrogen) atoms. The second-order valence-corrected chi connectivity index (χ2v) is 6.48. The van der Waals surface area contributed by atoms with Crippen molar-refractivity contribution in [2.24, 2.45) is 0 Å². The summed E-state index contributed by atoms with van der Waals surface area (Å²) in [6.45, 7) is 7.70. The van der Waals surface area contributed by atoms with Crippen molar-refractivity contribution in [3.63, 3.8) is 0 Å². The summed E-state index contributed by atoms with van der Waals surface area (Å²) in [5.41, 5.74) is 0. The monoisotopic (exact) mass is 302 g/mol. The summed E-state index contributed by atoms with van der Waals surface area (Å²) in [6.07, 6.45) is 13.4. The average Bonchev–Trinajstić information content (AvgIpc) is 2.50. The van der Waals surface area contributed by atoms with Crippen LogP contribution in [-0.2, 0) is 0 Å². The second-order valence-electron chi connectivity index (χ2n) is 6.48. The highest BCUT2D eigenvalue weighted by atomic mass is 16.6. The molecule has 0 aromatic carbocycles. The Kier molecular flexibility index (Phi) is 13.5. The predicted octanol–water partition coefficient (Wildman–Crippen LogP) is 5.25. The molecule has 0 aliphatic heterocycles. The van der Waals surface area contributed by atoms with Gasteiger partial charge < -0.3 is 5.11 Å². The molecule has 2 unspecified atom stereocenters. The lowest BCUT2D eigenvalue weighted by molar-refractivity contribution is -1.13. The zero-order valence-corrected chi connectivity index (χ0v) is 14.8. The largest absolute Gasteiger partial charge is 0.343 e. The van der Waals surface area contributed by atoms with Gasteiger partial charge in [0.05, 0.1) is 0 Å². The number of aliphatic hydroxyl groups excluding tert-OH is 1. The number of aliphatic hydroxyl groups is 1. The molecule has 0 aliphatic carbocycles. The quantitative estimate of drug-likeness (QED) is 0.188. The molecule has 0 saturated heterocycles. The van der Waals surface area contributed by atoms with E-state index in [0.29, 0.717) is 13.1 Å². The molecule has 0 heterocycles. The summed E-state index contributed by atoms with van der Waals surface area (Å²) in [4.78, 5) is 0. The van der Waals surface area contributed by atoms with Gasteiger partial charge in [0, 0.05) is 6.42 Å². The lowest BCUT2D eigenvalue weighted by Gasteiger charge is -2.33. The Morgan fingerprint density at radius 1 is 0.714 bits per heavy atom. The molecular weight excluding hydrogens is 262 g/mol. The van der Waals surface area contributed by atoms with Crippen LogP contribution in [0, 0.1) is 0 Å². The van der Waals surface area contributed by atoms with Crippen LogP contribution in [0.3, 0.4) is 0 Å². The van der Waals surface area contributed by atoms with Crippen LogP contribution >= 0.6 is 0 Å². The molecule has 2 N–H and O–H groups in total. The van der Waals surface area contributed by atoms with Crippen LogP contribution in [-0.4, -0.2) is 34.3 Å². The van der Waals surface area contributed by atoms with Crippen molar-refractivity contribution < 1.29 is 15.0 Å². The first-order valence-electron chi connectivity index (χ1n) is 9.38. The molecule has 0 aliphatic rings. The summed E-state index contributed by atoms with van der Waals surface area (Å²) in [5, 5.41) is 20.9. The third-order valence-corrected chi connectivity index (χ3v) is 4.57. The van der Waals surface area contributed by atoms with Gasteiger partial charge in [0.2, 0.25) is 6.23 Å². The third-order valence-electron chi connectivity index (χ3n) is 4.57. The Labute approximate surface area is 132 Å². The molecule has 0 fully saturated rings. The van der Waals surface area contributed by atoms with Gasteiger partial charge in [-0.1, -0.05) is 65.2 Å². The number of nitrogens with zero attached hydrogens (tertiary/aromatic N) is 1. The van der Waals surface area contributed by atoms with Crippen molar-refractivity contribution in [3.05, 3.63) is 0 Å². The van der Waals surface area contributed by atoms with E-state index in [1.165, 1.54) is 57.8 Å². The highest BCUT2D eigenvalue weighted by Crippen LogP contribution is 2.17. The Balaban J connectivity index is 3.84. The van der Waals surface area contributed by atoms with Crippen LogP contribution in [0.2, 0.25) is 0 Å². The minimum absolute atomic E-state index is 0.151. The van der Waals surface area contributed by atoms with Crippen molar-refractivity contribution in [2.45, 2.75) is 104 Å². The van der Waals surface area contributed by atoms with Crippen molar-refractivity contribution in [1.82, 2.24) is 0 Å². The number of hydrogen-bond acceptors (Lipinski definition) is 2. The van der Waals surface area contributed by atoms with Gasteiger partial charge in [0.25, 0.3) is 0 Å². The van der Waals surface area contributed by atoms with E-state index >= 15 is 0 Å². The van der Waals surface area contributed by atoms with Gasteiger partial charge in [-0.15, -0.1) is 0 Å². The Hall–Kier alpha value is -0.120. The summed E-state index contributed by atoms with van der Waals surface area (Å²) < 4.78 is -0.151. The van der Waals surface area contributed by atoms with Crippen LogP contribution in [0.5, 0.6) is 0 Å². The normalized spacial score (nSPS) is 15.9. The highest BCUT2D eigenvalue weighted by Gasteiger charge is 2.31. The number of quaternary nitrogens is 1. The van der Waals surface area contributed by atoms with Gasteiger partial charge in [0.1, 0.15) is 13.1 Å². The van der Waals surface area contributed by atoms with E-state index in [4.69, 9.17) is 0 Å². The predicted molar refractivity (Wildman–Crippen MR) is 90.2 cm³/mol. The zero-order valence-electron chi connectivity index (χ0n) is 14.8. The smallest absolute Gasteiger partial charge is 0.220 e. The van der Waals surface area contributed by atoms with Gasteiger partial charge in [0.15, 0.2) is 0 Å². The molecule has 0 amide bonds. The fourth-order valence-electron chi connectivity index (χ4n) is 2.85. The van der Waals surface area contributed by atoms with E-state index in [1.54, 1.807) is 0 Å². The molecule has 0 rings (SSSR count). The topological polar surface area (TPSA) is 40.5 Å². The SMILES string of the molecule is CCCCCCCC[N+](O)(CC)C(O)CCCCCCC. The zero-order chi connectivity index (χ0) is 16.0. The minimum atomic E-state index is -0.604. The minimum Gasteiger partial charge on any atom is -0.343 e. The molecular formula is C18H40NO2+. The molecule has 128 valence electrons. The molecule has 0 bridgehead atoms.